The molecule has 4 nitrogen and oxygen atoms in total. The first-order chi connectivity index (χ1) is 11.4. The predicted molar refractivity (Wildman–Crippen MR) is 94.3 cm³/mol. The second-order valence-electron chi connectivity index (χ2n) is 9.11. The Kier molecular flexibility index (Phi) is 4.21. The summed E-state index contributed by atoms with van der Waals surface area (Å²) in [6.07, 6.45) is 9.88. The summed E-state index contributed by atoms with van der Waals surface area (Å²) in [5, 5.41) is 0. The third-order valence-corrected chi connectivity index (χ3v) is 8.90. The average molecular weight is 354 g/mol. The first kappa shape index (κ1) is 16.9. The van der Waals surface area contributed by atoms with Crippen molar-refractivity contribution in [1.29, 1.82) is 0 Å². The molecule has 1 heterocycles. The van der Waals surface area contributed by atoms with Gasteiger partial charge in [0.1, 0.15) is 0 Å². The van der Waals surface area contributed by atoms with Gasteiger partial charge in [-0.25, -0.2) is 8.42 Å². The van der Waals surface area contributed by atoms with Gasteiger partial charge in [0.15, 0.2) is 9.84 Å². The van der Waals surface area contributed by atoms with E-state index in [-0.39, 0.29) is 23.0 Å². The molecule has 136 valence electrons. The zero-order valence-corrected chi connectivity index (χ0v) is 15.7. The van der Waals surface area contributed by atoms with E-state index in [2.05, 4.69) is 6.92 Å². The molecule has 1 amide bonds. The summed E-state index contributed by atoms with van der Waals surface area (Å²) >= 11 is 0. The number of sulfone groups is 1. The first-order valence-electron chi connectivity index (χ1n) is 9.92. The molecule has 1 atom stereocenters. The van der Waals surface area contributed by atoms with E-state index in [0.29, 0.717) is 12.3 Å². The second-order valence-corrected chi connectivity index (χ2v) is 11.3. The molecule has 4 aliphatic carbocycles. The van der Waals surface area contributed by atoms with Crippen molar-refractivity contribution in [2.75, 3.05) is 18.1 Å². The zero-order chi connectivity index (χ0) is 16.9. The van der Waals surface area contributed by atoms with E-state index in [1.54, 1.807) is 0 Å². The highest BCUT2D eigenvalue weighted by Crippen LogP contribution is 2.60. The largest absolute Gasteiger partial charge is 0.338 e. The van der Waals surface area contributed by atoms with E-state index < -0.39 is 9.84 Å². The lowest BCUT2D eigenvalue weighted by atomic mass is 9.49. The third-order valence-electron chi connectivity index (χ3n) is 7.15. The van der Waals surface area contributed by atoms with Crippen LogP contribution in [0.5, 0.6) is 0 Å². The highest BCUT2D eigenvalue weighted by Gasteiger charge is 2.56. The number of hydrogen-bond donors (Lipinski definition) is 0. The molecule has 0 unspecified atom stereocenters. The quantitative estimate of drug-likeness (QED) is 0.763. The average Bonchev–Trinajstić information content (AvgIpc) is 2.86. The molecule has 5 rings (SSSR count). The van der Waals surface area contributed by atoms with Crippen LogP contribution in [0.15, 0.2) is 0 Å². The summed E-state index contributed by atoms with van der Waals surface area (Å²) in [6.45, 7) is 2.88. The van der Waals surface area contributed by atoms with Gasteiger partial charge in [-0.05, 0) is 69.1 Å². The maximum Gasteiger partial charge on any atom is 0.229 e. The van der Waals surface area contributed by atoms with E-state index >= 15 is 0 Å². The Bertz CT molecular complexity index is 577. The van der Waals surface area contributed by atoms with E-state index in [0.717, 1.165) is 56.4 Å². The van der Waals surface area contributed by atoms with Gasteiger partial charge in [0.2, 0.25) is 5.91 Å². The second kappa shape index (κ2) is 6.00. The number of carbonyl (C=O) groups excluding carboxylic acids is 1. The Morgan fingerprint density at radius 2 is 1.67 bits per heavy atom. The van der Waals surface area contributed by atoms with E-state index in [1.165, 1.54) is 19.3 Å². The zero-order valence-electron chi connectivity index (χ0n) is 14.9. The minimum atomic E-state index is -2.95. The van der Waals surface area contributed by atoms with Crippen LogP contribution < -0.4 is 0 Å². The Morgan fingerprint density at radius 1 is 1.08 bits per heavy atom. The van der Waals surface area contributed by atoms with E-state index in [1.807, 2.05) is 4.90 Å². The number of amides is 1. The Labute approximate surface area is 146 Å². The van der Waals surface area contributed by atoms with Crippen molar-refractivity contribution in [2.24, 2.45) is 23.2 Å². The highest BCUT2D eigenvalue weighted by molar-refractivity contribution is 7.91. The van der Waals surface area contributed by atoms with Gasteiger partial charge < -0.3 is 4.90 Å². The third kappa shape index (κ3) is 2.91. The van der Waals surface area contributed by atoms with Gasteiger partial charge >= 0.3 is 0 Å². The van der Waals surface area contributed by atoms with Crippen LogP contribution in [0.2, 0.25) is 0 Å². The lowest BCUT2D eigenvalue weighted by Gasteiger charge is -2.57. The molecule has 1 aliphatic heterocycles. The molecule has 5 aliphatic rings. The molecular weight excluding hydrogens is 322 g/mol. The SMILES string of the molecule is CCCCN(C(=O)C12CC3CC(CC(C3)C1)C2)[C@@H]1CCS(=O)(=O)C1. The molecular formula is C19H31NO3S. The van der Waals surface area contributed by atoms with Crippen LogP contribution in [0, 0.1) is 23.2 Å². The Morgan fingerprint density at radius 3 is 2.12 bits per heavy atom. The standard InChI is InChI=1S/C19H31NO3S/c1-2-3-5-20(17-4-6-24(22,23)13-17)18(21)19-10-14-7-15(11-19)9-16(8-14)12-19/h14-17H,2-13H2,1H3/t14?,15?,16?,17-,19?/m1/s1. The highest BCUT2D eigenvalue weighted by atomic mass is 32.2. The molecule has 0 aromatic heterocycles. The van der Waals surface area contributed by atoms with Crippen LogP contribution in [0.1, 0.15) is 64.7 Å². The van der Waals surface area contributed by atoms with Gasteiger partial charge in [-0.1, -0.05) is 13.3 Å². The molecule has 0 aromatic rings. The summed E-state index contributed by atoms with van der Waals surface area (Å²) in [5.41, 5.74) is -0.144. The van der Waals surface area contributed by atoms with Crippen LogP contribution in [0.25, 0.3) is 0 Å². The summed E-state index contributed by atoms with van der Waals surface area (Å²) in [4.78, 5) is 15.6. The molecule has 5 fully saturated rings. The summed E-state index contributed by atoms with van der Waals surface area (Å²) < 4.78 is 23.9. The first-order valence-corrected chi connectivity index (χ1v) is 11.7. The molecule has 4 bridgehead atoms. The van der Waals surface area contributed by atoms with Crippen molar-refractivity contribution in [3.05, 3.63) is 0 Å². The molecule has 0 spiro atoms. The molecule has 24 heavy (non-hydrogen) atoms. The fraction of sp³-hybridized carbons (Fsp3) is 0.947. The van der Waals surface area contributed by atoms with Gasteiger partial charge in [0, 0.05) is 12.6 Å². The van der Waals surface area contributed by atoms with Gasteiger partial charge in [-0.2, -0.15) is 0 Å². The fourth-order valence-corrected chi connectivity index (χ4v) is 8.21. The number of unbranched alkanes of at least 4 members (excludes halogenated alkanes) is 1. The summed E-state index contributed by atoms with van der Waals surface area (Å²) in [6, 6.07) is -0.0675. The number of hydrogen-bond acceptors (Lipinski definition) is 3. The van der Waals surface area contributed by atoms with Gasteiger partial charge in [-0.15, -0.1) is 0 Å². The summed E-state index contributed by atoms with van der Waals surface area (Å²) in [7, 11) is -2.95. The Hall–Kier alpha value is -0.580. The van der Waals surface area contributed by atoms with Crippen molar-refractivity contribution in [3.63, 3.8) is 0 Å². The lowest BCUT2D eigenvalue weighted by molar-refractivity contribution is -0.159. The molecule has 0 aromatic carbocycles. The number of carbonyl (C=O) groups is 1. The van der Waals surface area contributed by atoms with Crippen molar-refractivity contribution >= 4 is 15.7 Å². The minimum absolute atomic E-state index is 0.0675. The van der Waals surface area contributed by atoms with Crippen LogP contribution in [-0.2, 0) is 14.6 Å². The van der Waals surface area contributed by atoms with Crippen LogP contribution in [0.4, 0.5) is 0 Å². The molecule has 5 heteroatoms. The monoisotopic (exact) mass is 353 g/mol. The maximum absolute atomic E-state index is 13.6. The fourth-order valence-electron chi connectivity index (χ4n) is 6.48. The number of rotatable bonds is 5. The summed E-state index contributed by atoms with van der Waals surface area (Å²) in [5.74, 6) is 3.02. The van der Waals surface area contributed by atoms with E-state index in [4.69, 9.17) is 0 Å². The van der Waals surface area contributed by atoms with Gasteiger partial charge in [0.25, 0.3) is 0 Å². The van der Waals surface area contributed by atoms with Gasteiger partial charge in [0.05, 0.1) is 16.9 Å². The van der Waals surface area contributed by atoms with Crippen molar-refractivity contribution in [3.8, 4) is 0 Å². The number of nitrogens with zero attached hydrogens (tertiary/aromatic N) is 1. The normalized spacial score (nSPS) is 42.4. The molecule has 1 saturated heterocycles. The van der Waals surface area contributed by atoms with Crippen molar-refractivity contribution < 1.29 is 13.2 Å². The molecule has 4 saturated carbocycles. The lowest BCUT2D eigenvalue weighted by Crippen LogP contribution is -2.56. The predicted octanol–water partition coefficient (Wildman–Crippen LogP) is 3.02. The van der Waals surface area contributed by atoms with Crippen molar-refractivity contribution in [1.82, 2.24) is 4.90 Å². The topological polar surface area (TPSA) is 54.5 Å². The van der Waals surface area contributed by atoms with Crippen LogP contribution in [0.3, 0.4) is 0 Å². The Balaban J connectivity index is 1.57. The van der Waals surface area contributed by atoms with Crippen molar-refractivity contribution in [2.45, 2.75) is 70.8 Å². The van der Waals surface area contributed by atoms with Crippen LogP contribution >= 0.6 is 0 Å². The smallest absolute Gasteiger partial charge is 0.229 e. The van der Waals surface area contributed by atoms with E-state index in [9.17, 15) is 13.2 Å². The molecule has 0 radical (unpaired) electrons. The maximum atomic E-state index is 13.6. The molecule has 0 N–H and O–H groups in total. The van der Waals surface area contributed by atoms with Gasteiger partial charge in [-0.3, -0.25) is 4.79 Å². The minimum Gasteiger partial charge on any atom is -0.338 e. The van der Waals surface area contributed by atoms with Crippen LogP contribution in [-0.4, -0.2) is 43.3 Å².